The molecule has 7 nitrogen and oxygen atoms in total. The van der Waals surface area contributed by atoms with Crippen molar-refractivity contribution in [1.82, 2.24) is 24.8 Å². The van der Waals surface area contributed by atoms with Gasteiger partial charge in [-0.05, 0) is 45.7 Å². The maximum absolute atomic E-state index is 13.7. The van der Waals surface area contributed by atoms with E-state index in [1.165, 1.54) is 6.92 Å². The molecule has 172 valence electrons. The maximum atomic E-state index is 13.7. The van der Waals surface area contributed by atoms with E-state index in [9.17, 15) is 18.0 Å². The quantitative estimate of drug-likeness (QED) is 0.590. The van der Waals surface area contributed by atoms with Crippen molar-refractivity contribution in [2.75, 3.05) is 13.1 Å². The highest BCUT2D eigenvalue weighted by Gasteiger charge is 2.38. The van der Waals surface area contributed by atoms with Crippen LogP contribution in [0.25, 0.3) is 11.1 Å². The van der Waals surface area contributed by atoms with E-state index in [2.05, 4.69) is 15.2 Å². The topological polar surface area (TPSA) is 77.0 Å². The first kappa shape index (κ1) is 22.3. The fraction of sp³-hybridized carbons (Fsp3) is 0.545. The highest BCUT2D eigenvalue weighted by Crippen LogP contribution is 2.40. The number of carbonyl (C=O) groups is 1. The summed E-state index contributed by atoms with van der Waals surface area (Å²) in [5.41, 5.74) is 1.40. The summed E-state index contributed by atoms with van der Waals surface area (Å²) >= 11 is 0. The van der Waals surface area contributed by atoms with Crippen molar-refractivity contribution in [1.29, 1.82) is 0 Å². The van der Waals surface area contributed by atoms with E-state index >= 15 is 0 Å². The van der Waals surface area contributed by atoms with Crippen LogP contribution in [0.2, 0.25) is 0 Å². The largest absolute Gasteiger partial charge is 0.417 e. The maximum Gasteiger partial charge on any atom is 0.417 e. The number of aromatic nitrogens is 4. The molecule has 2 atom stereocenters. The van der Waals surface area contributed by atoms with Crippen LogP contribution in [0, 0.1) is 26.7 Å². The van der Waals surface area contributed by atoms with Crippen molar-refractivity contribution < 1.29 is 22.5 Å². The molecule has 4 heterocycles. The Hall–Kier alpha value is -2.91. The molecule has 0 spiro atoms. The van der Waals surface area contributed by atoms with Crippen molar-refractivity contribution in [2.24, 2.45) is 5.92 Å². The van der Waals surface area contributed by atoms with Crippen LogP contribution in [-0.4, -0.2) is 43.8 Å². The molecule has 4 rings (SSSR count). The van der Waals surface area contributed by atoms with Gasteiger partial charge in [0.05, 0.1) is 34.8 Å². The molecule has 1 aliphatic heterocycles. The Balaban J connectivity index is 1.57. The Bertz CT molecular complexity index is 1150. The van der Waals surface area contributed by atoms with E-state index in [1.54, 1.807) is 4.90 Å². The monoisotopic (exact) mass is 449 g/mol. The number of fused-ring (bicyclic) bond motifs is 1. The lowest BCUT2D eigenvalue weighted by molar-refractivity contribution is -0.137. The van der Waals surface area contributed by atoms with Crippen LogP contribution in [0.1, 0.15) is 54.0 Å². The number of alkyl halides is 3. The van der Waals surface area contributed by atoms with E-state index in [0.29, 0.717) is 32.5 Å². The molecule has 1 saturated heterocycles. The van der Waals surface area contributed by atoms with Crippen LogP contribution in [0.3, 0.4) is 0 Å². The summed E-state index contributed by atoms with van der Waals surface area (Å²) in [6.45, 7) is 8.50. The fourth-order valence-corrected chi connectivity index (χ4v) is 4.51. The molecule has 32 heavy (non-hydrogen) atoms. The lowest BCUT2D eigenvalue weighted by Gasteiger charge is -2.33. The number of likely N-dealkylation sites (tertiary alicyclic amines) is 1. The SMILES string of the molecule is Cc1cc(C(F)(F)F)c2c(C3CCCN(C(=O)C(C)Cn4nc(C)cc4C)C3)noc2n1. The van der Waals surface area contributed by atoms with Crippen LogP contribution in [0.4, 0.5) is 13.2 Å². The summed E-state index contributed by atoms with van der Waals surface area (Å²) in [6, 6.07) is 2.98. The molecule has 0 bridgehead atoms. The Labute approximate surface area is 183 Å². The minimum atomic E-state index is -4.55. The number of amides is 1. The van der Waals surface area contributed by atoms with Crippen molar-refractivity contribution in [3.05, 3.63) is 40.5 Å². The van der Waals surface area contributed by atoms with Gasteiger partial charge in [-0.2, -0.15) is 18.3 Å². The second-order valence-electron chi connectivity index (χ2n) is 8.69. The minimum Gasteiger partial charge on any atom is -0.342 e. The molecule has 0 aliphatic carbocycles. The third-order valence-electron chi connectivity index (χ3n) is 6.00. The van der Waals surface area contributed by atoms with Crippen LogP contribution in [-0.2, 0) is 17.5 Å². The Kier molecular flexibility index (Phi) is 5.72. The summed E-state index contributed by atoms with van der Waals surface area (Å²) in [4.78, 5) is 18.9. The van der Waals surface area contributed by atoms with Gasteiger partial charge in [-0.15, -0.1) is 0 Å². The number of nitrogens with zero attached hydrogens (tertiary/aromatic N) is 5. The zero-order valence-corrected chi connectivity index (χ0v) is 18.5. The van der Waals surface area contributed by atoms with Gasteiger partial charge in [0, 0.05) is 30.4 Å². The lowest BCUT2D eigenvalue weighted by atomic mass is 9.91. The molecule has 0 aromatic carbocycles. The number of halogens is 3. The zero-order valence-electron chi connectivity index (χ0n) is 18.5. The van der Waals surface area contributed by atoms with E-state index in [1.807, 2.05) is 31.5 Å². The zero-order chi connectivity index (χ0) is 23.2. The van der Waals surface area contributed by atoms with Gasteiger partial charge >= 0.3 is 6.18 Å². The van der Waals surface area contributed by atoms with E-state index in [0.717, 1.165) is 17.5 Å². The molecule has 0 saturated carbocycles. The van der Waals surface area contributed by atoms with Gasteiger partial charge in [0.25, 0.3) is 5.71 Å². The fourth-order valence-electron chi connectivity index (χ4n) is 4.51. The van der Waals surface area contributed by atoms with Gasteiger partial charge in [-0.3, -0.25) is 9.48 Å². The third kappa shape index (κ3) is 4.22. The summed E-state index contributed by atoms with van der Waals surface area (Å²) < 4.78 is 48.1. The molecular formula is C22H26F3N5O2. The average Bonchev–Trinajstić information content (AvgIpc) is 3.28. The first-order chi connectivity index (χ1) is 15.0. The van der Waals surface area contributed by atoms with Gasteiger partial charge in [0.1, 0.15) is 0 Å². The van der Waals surface area contributed by atoms with E-state index < -0.39 is 11.7 Å². The normalized spacial score (nSPS) is 18.3. The molecule has 1 aliphatic rings. The number of aryl methyl sites for hydroxylation is 3. The summed E-state index contributed by atoms with van der Waals surface area (Å²) in [7, 11) is 0. The Morgan fingerprint density at radius 2 is 2.00 bits per heavy atom. The van der Waals surface area contributed by atoms with Gasteiger partial charge in [-0.1, -0.05) is 12.1 Å². The molecule has 0 N–H and O–H groups in total. The van der Waals surface area contributed by atoms with Crippen molar-refractivity contribution in [3.63, 3.8) is 0 Å². The van der Waals surface area contributed by atoms with Crippen molar-refractivity contribution in [2.45, 2.75) is 59.2 Å². The predicted octanol–water partition coefficient (Wildman–Crippen LogP) is 4.41. The van der Waals surface area contributed by atoms with Crippen LogP contribution in [0.5, 0.6) is 0 Å². The number of hydrogen-bond acceptors (Lipinski definition) is 5. The molecule has 3 aromatic rings. The molecule has 10 heteroatoms. The van der Waals surface area contributed by atoms with Gasteiger partial charge < -0.3 is 9.42 Å². The average molecular weight is 449 g/mol. The predicted molar refractivity (Wildman–Crippen MR) is 111 cm³/mol. The third-order valence-corrected chi connectivity index (χ3v) is 6.00. The highest BCUT2D eigenvalue weighted by molar-refractivity contribution is 5.82. The molecule has 3 aromatic heterocycles. The smallest absolute Gasteiger partial charge is 0.342 e. The van der Waals surface area contributed by atoms with Gasteiger partial charge in [0.15, 0.2) is 0 Å². The van der Waals surface area contributed by atoms with E-state index in [4.69, 9.17) is 4.52 Å². The Morgan fingerprint density at radius 3 is 2.66 bits per heavy atom. The summed E-state index contributed by atoms with van der Waals surface area (Å²) in [6.07, 6.45) is -3.24. The molecular weight excluding hydrogens is 423 g/mol. The molecule has 2 unspecified atom stereocenters. The number of rotatable bonds is 4. The number of hydrogen-bond donors (Lipinski definition) is 0. The van der Waals surface area contributed by atoms with Gasteiger partial charge in [-0.25, -0.2) is 4.98 Å². The Morgan fingerprint density at radius 1 is 1.25 bits per heavy atom. The summed E-state index contributed by atoms with van der Waals surface area (Å²) in [5.74, 6) is -0.698. The van der Waals surface area contributed by atoms with Crippen LogP contribution < -0.4 is 0 Å². The number of piperidine rings is 1. The molecule has 0 radical (unpaired) electrons. The second-order valence-corrected chi connectivity index (χ2v) is 8.69. The van der Waals surface area contributed by atoms with Crippen molar-refractivity contribution in [3.8, 4) is 0 Å². The van der Waals surface area contributed by atoms with E-state index in [-0.39, 0.29) is 40.2 Å². The second kappa shape index (κ2) is 8.22. The summed E-state index contributed by atoms with van der Waals surface area (Å²) in [5, 5.41) is 8.28. The molecule has 1 amide bonds. The van der Waals surface area contributed by atoms with Crippen LogP contribution >= 0.6 is 0 Å². The first-order valence-electron chi connectivity index (χ1n) is 10.7. The number of carbonyl (C=O) groups excluding carboxylic acids is 1. The van der Waals surface area contributed by atoms with Crippen molar-refractivity contribution >= 4 is 17.0 Å². The molecule has 1 fully saturated rings. The van der Waals surface area contributed by atoms with Crippen LogP contribution in [0.15, 0.2) is 16.7 Å². The minimum absolute atomic E-state index is 0.0416. The standard InChI is InChI=1S/C22H26F3N5O2/c1-12(10-30-15(4)8-14(3)27-30)21(31)29-7-5-6-16(11-29)19-18-17(22(23,24)25)9-13(2)26-20(18)32-28-19/h8-9,12,16H,5-7,10-11H2,1-4H3. The van der Waals surface area contributed by atoms with Gasteiger partial charge in [0.2, 0.25) is 5.91 Å². The lowest BCUT2D eigenvalue weighted by Crippen LogP contribution is -2.42. The first-order valence-corrected chi connectivity index (χ1v) is 10.7. The number of pyridine rings is 1. The highest BCUT2D eigenvalue weighted by atomic mass is 19.4.